The molecule has 0 heterocycles. The van der Waals surface area contributed by atoms with E-state index in [4.69, 9.17) is 0 Å². The number of carbonyl (C=O) groups excluding carboxylic acids is 2. The third-order valence-corrected chi connectivity index (χ3v) is 4.49. The number of nitrogens with two attached hydrogens (primary N) is 1. The Morgan fingerprint density at radius 1 is 0.857 bits per heavy atom. The minimum atomic E-state index is -0.184. The summed E-state index contributed by atoms with van der Waals surface area (Å²) in [7, 11) is 1.58. The average molecular weight is 374 g/mol. The third-order valence-electron chi connectivity index (χ3n) is 4.49. The monoisotopic (exact) mass is 374 g/mol. The lowest BCUT2D eigenvalue weighted by molar-refractivity contribution is -0.676. The maximum Gasteiger partial charge on any atom is 0.279 e. The molecule has 0 aliphatic heterocycles. The van der Waals surface area contributed by atoms with Gasteiger partial charge in [-0.15, -0.1) is 0 Å². The van der Waals surface area contributed by atoms with Crippen molar-refractivity contribution in [2.24, 2.45) is 0 Å². The second-order valence-corrected chi connectivity index (χ2v) is 6.45. The molecule has 3 aromatic carbocycles. The van der Waals surface area contributed by atoms with Crippen LogP contribution in [0.4, 0.5) is 5.69 Å². The third kappa shape index (κ3) is 5.05. The Hall–Kier alpha value is -3.44. The summed E-state index contributed by atoms with van der Waals surface area (Å²) in [4.78, 5) is 24.2. The predicted molar refractivity (Wildman–Crippen MR) is 110 cm³/mol. The van der Waals surface area contributed by atoms with Crippen LogP contribution in [0.1, 0.15) is 27.5 Å². The van der Waals surface area contributed by atoms with E-state index >= 15 is 0 Å². The quantitative estimate of drug-likeness (QED) is 0.594. The van der Waals surface area contributed by atoms with Crippen LogP contribution in [0.2, 0.25) is 0 Å². The Balaban J connectivity index is 1.68. The van der Waals surface area contributed by atoms with E-state index in [0.29, 0.717) is 11.3 Å². The lowest BCUT2D eigenvalue weighted by atomic mass is 9.99. The molecule has 0 unspecified atom stereocenters. The molecule has 0 aliphatic carbocycles. The number of anilines is 1. The first-order chi connectivity index (χ1) is 13.7. The van der Waals surface area contributed by atoms with Crippen LogP contribution >= 0.6 is 0 Å². The predicted octanol–water partition coefficient (Wildman–Crippen LogP) is 2.34. The largest absolute Gasteiger partial charge is 0.355 e. The zero-order chi connectivity index (χ0) is 19.8. The van der Waals surface area contributed by atoms with Gasteiger partial charge in [-0.05, 0) is 18.2 Å². The molecule has 28 heavy (non-hydrogen) atoms. The molecule has 0 spiro atoms. The van der Waals surface area contributed by atoms with Crippen LogP contribution in [-0.2, 0) is 4.79 Å². The fraction of sp³-hybridized carbons (Fsp3) is 0.130. The molecule has 0 saturated carbocycles. The molecular formula is C23H24N3O2+. The van der Waals surface area contributed by atoms with Crippen LogP contribution in [0.25, 0.3) is 0 Å². The molecule has 142 valence electrons. The Morgan fingerprint density at radius 2 is 1.46 bits per heavy atom. The number of benzene rings is 3. The molecule has 0 bridgehead atoms. The van der Waals surface area contributed by atoms with E-state index in [1.165, 1.54) is 0 Å². The zero-order valence-electron chi connectivity index (χ0n) is 15.8. The molecule has 5 heteroatoms. The van der Waals surface area contributed by atoms with Gasteiger partial charge in [0.15, 0.2) is 6.54 Å². The Labute approximate surface area is 164 Å². The normalized spacial score (nSPS) is 10.5. The number of quaternary nitrogens is 1. The highest BCUT2D eigenvalue weighted by Crippen LogP contribution is 2.17. The lowest BCUT2D eigenvalue weighted by Crippen LogP contribution is -2.87. The van der Waals surface area contributed by atoms with E-state index in [-0.39, 0.29) is 24.4 Å². The summed E-state index contributed by atoms with van der Waals surface area (Å²) in [5, 5.41) is 7.47. The summed E-state index contributed by atoms with van der Waals surface area (Å²) in [5.41, 5.74) is 3.40. The second-order valence-electron chi connectivity index (χ2n) is 6.45. The van der Waals surface area contributed by atoms with Gasteiger partial charge in [0.2, 0.25) is 0 Å². The average Bonchev–Trinajstić information content (AvgIpc) is 2.75. The van der Waals surface area contributed by atoms with Gasteiger partial charge in [0.1, 0.15) is 6.04 Å². The van der Waals surface area contributed by atoms with Crippen molar-refractivity contribution in [3.05, 3.63) is 102 Å². The molecule has 0 saturated heterocycles. The fourth-order valence-corrected chi connectivity index (χ4v) is 3.10. The van der Waals surface area contributed by atoms with Crippen LogP contribution in [0, 0.1) is 0 Å². The maximum atomic E-state index is 12.5. The molecule has 4 N–H and O–H groups in total. The summed E-state index contributed by atoms with van der Waals surface area (Å²) < 4.78 is 0. The molecule has 0 fully saturated rings. The van der Waals surface area contributed by atoms with Crippen molar-refractivity contribution in [3.8, 4) is 0 Å². The second kappa shape index (κ2) is 9.48. The van der Waals surface area contributed by atoms with E-state index in [2.05, 4.69) is 34.9 Å². The zero-order valence-corrected chi connectivity index (χ0v) is 15.8. The number of hydrogen-bond donors (Lipinski definition) is 3. The summed E-state index contributed by atoms with van der Waals surface area (Å²) in [6.07, 6.45) is 0. The van der Waals surface area contributed by atoms with Gasteiger partial charge in [-0.25, -0.2) is 0 Å². The minimum absolute atomic E-state index is 0.0327. The highest BCUT2D eigenvalue weighted by atomic mass is 16.2. The first-order valence-corrected chi connectivity index (χ1v) is 9.22. The molecule has 0 aliphatic rings. The summed E-state index contributed by atoms with van der Waals surface area (Å²) in [5.74, 6) is -0.304. The van der Waals surface area contributed by atoms with Crippen LogP contribution in [0.15, 0.2) is 84.9 Å². The van der Waals surface area contributed by atoms with Crippen LogP contribution < -0.4 is 16.0 Å². The van der Waals surface area contributed by atoms with Crippen LogP contribution in [-0.4, -0.2) is 25.4 Å². The summed E-state index contributed by atoms with van der Waals surface area (Å²) in [6.45, 7) is 0.263. The molecule has 0 radical (unpaired) electrons. The van der Waals surface area contributed by atoms with E-state index in [1.54, 1.807) is 31.3 Å². The first-order valence-electron chi connectivity index (χ1n) is 9.22. The van der Waals surface area contributed by atoms with Crippen molar-refractivity contribution >= 4 is 17.5 Å². The van der Waals surface area contributed by atoms with Crippen molar-refractivity contribution in [1.82, 2.24) is 5.32 Å². The van der Waals surface area contributed by atoms with E-state index in [1.807, 2.05) is 41.7 Å². The lowest BCUT2D eigenvalue weighted by Gasteiger charge is -2.16. The highest BCUT2D eigenvalue weighted by Gasteiger charge is 2.18. The molecule has 5 nitrogen and oxygen atoms in total. The van der Waals surface area contributed by atoms with Crippen molar-refractivity contribution < 1.29 is 14.9 Å². The fourth-order valence-electron chi connectivity index (χ4n) is 3.10. The number of hydrogen-bond acceptors (Lipinski definition) is 2. The van der Waals surface area contributed by atoms with Crippen molar-refractivity contribution in [1.29, 1.82) is 0 Å². The first kappa shape index (κ1) is 19.3. The van der Waals surface area contributed by atoms with Crippen molar-refractivity contribution in [2.45, 2.75) is 6.04 Å². The van der Waals surface area contributed by atoms with E-state index in [9.17, 15) is 9.59 Å². The van der Waals surface area contributed by atoms with Gasteiger partial charge in [0.05, 0.1) is 0 Å². The molecular weight excluding hydrogens is 350 g/mol. The van der Waals surface area contributed by atoms with Gasteiger partial charge >= 0.3 is 0 Å². The van der Waals surface area contributed by atoms with Gasteiger partial charge in [-0.3, -0.25) is 9.59 Å². The molecule has 0 atom stereocenters. The number of amides is 2. The number of carbonyl (C=O) groups is 2. The summed E-state index contributed by atoms with van der Waals surface area (Å²) in [6, 6.07) is 27.2. The number of rotatable bonds is 7. The SMILES string of the molecule is CNC(=O)c1cccc(NC(=O)C[NH2+]C(c2ccccc2)c2ccccc2)c1. The topological polar surface area (TPSA) is 74.8 Å². The van der Waals surface area contributed by atoms with Crippen LogP contribution in [0.5, 0.6) is 0 Å². The highest BCUT2D eigenvalue weighted by molar-refractivity contribution is 5.97. The standard InChI is InChI=1S/C23H23N3O2/c1-24-23(28)19-13-8-14-20(15-19)26-21(27)16-25-22(17-9-4-2-5-10-17)18-11-6-3-7-12-18/h2-15,22,25H,16H2,1H3,(H,24,28)(H,26,27)/p+1. The Morgan fingerprint density at radius 3 is 2.04 bits per heavy atom. The molecule has 3 rings (SSSR count). The van der Waals surface area contributed by atoms with Crippen molar-refractivity contribution in [3.63, 3.8) is 0 Å². The molecule has 2 amide bonds. The van der Waals surface area contributed by atoms with Gasteiger partial charge in [-0.2, -0.15) is 0 Å². The van der Waals surface area contributed by atoms with E-state index in [0.717, 1.165) is 11.1 Å². The maximum absolute atomic E-state index is 12.5. The van der Waals surface area contributed by atoms with Gasteiger partial charge in [-0.1, -0.05) is 66.7 Å². The van der Waals surface area contributed by atoms with Gasteiger partial charge in [0.25, 0.3) is 11.8 Å². The Kier molecular flexibility index (Phi) is 6.54. The van der Waals surface area contributed by atoms with Crippen LogP contribution in [0.3, 0.4) is 0 Å². The molecule has 0 aromatic heterocycles. The van der Waals surface area contributed by atoms with E-state index < -0.39 is 0 Å². The smallest absolute Gasteiger partial charge is 0.279 e. The minimum Gasteiger partial charge on any atom is -0.355 e. The van der Waals surface area contributed by atoms with Crippen molar-refractivity contribution in [2.75, 3.05) is 18.9 Å². The summed E-state index contributed by atoms with van der Waals surface area (Å²) >= 11 is 0. The van der Waals surface area contributed by atoms with Gasteiger partial charge < -0.3 is 16.0 Å². The Bertz CT molecular complexity index is 887. The van der Waals surface area contributed by atoms with Gasteiger partial charge in [0, 0.05) is 29.4 Å². The molecule has 3 aromatic rings. The number of nitrogens with one attached hydrogen (secondary N) is 2.